The lowest BCUT2D eigenvalue weighted by molar-refractivity contribution is -0.128. The molecule has 0 radical (unpaired) electrons. The van der Waals surface area contributed by atoms with Gasteiger partial charge in [-0.1, -0.05) is 12.8 Å². The fourth-order valence-corrected chi connectivity index (χ4v) is 1.93. The van der Waals surface area contributed by atoms with E-state index in [4.69, 9.17) is 0 Å². The molecule has 14 heavy (non-hydrogen) atoms. The van der Waals surface area contributed by atoms with Crippen LogP contribution in [0.15, 0.2) is 0 Å². The number of carbonyl (C=O) groups is 1. The van der Waals surface area contributed by atoms with E-state index in [2.05, 4.69) is 9.64 Å². The van der Waals surface area contributed by atoms with Crippen LogP contribution in [0, 0.1) is 0 Å². The summed E-state index contributed by atoms with van der Waals surface area (Å²) in [6.07, 6.45) is 7.51. The number of unbranched alkanes of at least 4 members (excludes halogenated alkanes) is 3. The second-order valence-electron chi connectivity index (χ2n) is 3.93. The molecule has 1 aliphatic heterocycles. The van der Waals surface area contributed by atoms with Crippen molar-refractivity contribution in [3.8, 4) is 0 Å². The van der Waals surface area contributed by atoms with E-state index in [9.17, 15) is 4.79 Å². The lowest BCUT2D eigenvalue weighted by atomic mass is 10.2. The molecular formula is C11H21NO2. The standard InChI is InChI=1S/C11H21NO2/c13-11-14-10-6-2-1-3-7-12-8-4-5-9-12/h11H,1-10H2. The lowest BCUT2D eigenvalue weighted by Crippen LogP contribution is -2.20. The van der Waals surface area contributed by atoms with Crippen molar-refractivity contribution in [2.45, 2.75) is 38.5 Å². The summed E-state index contributed by atoms with van der Waals surface area (Å²) in [4.78, 5) is 12.4. The maximum Gasteiger partial charge on any atom is 0.293 e. The Morgan fingerprint density at radius 2 is 1.79 bits per heavy atom. The Morgan fingerprint density at radius 1 is 1.07 bits per heavy atom. The number of hydrogen-bond donors (Lipinski definition) is 0. The summed E-state index contributed by atoms with van der Waals surface area (Å²) in [6, 6.07) is 0. The molecule has 0 N–H and O–H groups in total. The summed E-state index contributed by atoms with van der Waals surface area (Å²) in [5.74, 6) is 0. The molecule has 1 fully saturated rings. The van der Waals surface area contributed by atoms with Gasteiger partial charge < -0.3 is 9.64 Å². The van der Waals surface area contributed by atoms with E-state index < -0.39 is 0 Å². The molecule has 0 aliphatic carbocycles. The predicted octanol–water partition coefficient (Wildman–Crippen LogP) is 1.82. The average Bonchev–Trinajstić information content (AvgIpc) is 2.69. The lowest BCUT2D eigenvalue weighted by Gasteiger charge is -2.13. The van der Waals surface area contributed by atoms with Crippen LogP contribution in [0.2, 0.25) is 0 Å². The molecule has 0 saturated carbocycles. The molecular weight excluding hydrogens is 178 g/mol. The zero-order chi connectivity index (χ0) is 10.1. The molecule has 0 aromatic carbocycles. The minimum atomic E-state index is 0.532. The summed E-state index contributed by atoms with van der Waals surface area (Å²) in [5, 5.41) is 0. The molecule has 1 heterocycles. The Balaban J connectivity index is 1.77. The van der Waals surface area contributed by atoms with Gasteiger partial charge in [0, 0.05) is 0 Å². The van der Waals surface area contributed by atoms with Gasteiger partial charge in [0.1, 0.15) is 0 Å². The molecule has 0 aromatic rings. The first-order valence-electron chi connectivity index (χ1n) is 5.71. The number of carbonyl (C=O) groups excluding carboxylic acids is 1. The van der Waals surface area contributed by atoms with E-state index in [1.165, 1.54) is 51.7 Å². The van der Waals surface area contributed by atoms with Gasteiger partial charge >= 0.3 is 0 Å². The first-order chi connectivity index (χ1) is 6.93. The van der Waals surface area contributed by atoms with Gasteiger partial charge in [-0.15, -0.1) is 0 Å². The topological polar surface area (TPSA) is 29.5 Å². The third-order valence-electron chi connectivity index (χ3n) is 2.75. The normalized spacial score (nSPS) is 17.1. The molecule has 82 valence electrons. The minimum Gasteiger partial charge on any atom is -0.468 e. The fraction of sp³-hybridized carbons (Fsp3) is 0.909. The van der Waals surface area contributed by atoms with E-state index >= 15 is 0 Å². The predicted molar refractivity (Wildman–Crippen MR) is 56.2 cm³/mol. The van der Waals surface area contributed by atoms with Gasteiger partial charge in [0.05, 0.1) is 6.61 Å². The highest BCUT2D eigenvalue weighted by Crippen LogP contribution is 2.09. The van der Waals surface area contributed by atoms with E-state index in [0.29, 0.717) is 13.1 Å². The average molecular weight is 199 g/mol. The summed E-state index contributed by atoms with van der Waals surface area (Å²) >= 11 is 0. The first-order valence-corrected chi connectivity index (χ1v) is 5.71. The van der Waals surface area contributed by atoms with E-state index in [0.717, 1.165) is 6.42 Å². The summed E-state index contributed by atoms with van der Waals surface area (Å²) in [6.45, 7) is 4.98. The Kier molecular flexibility index (Phi) is 6.41. The monoisotopic (exact) mass is 199 g/mol. The molecule has 0 bridgehead atoms. The number of hydrogen-bond acceptors (Lipinski definition) is 3. The highest BCUT2D eigenvalue weighted by molar-refractivity contribution is 5.36. The highest BCUT2D eigenvalue weighted by atomic mass is 16.5. The molecule has 0 atom stereocenters. The van der Waals surface area contributed by atoms with Crippen molar-refractivity contribution in [1.82, 2.24) is 4.90 Å². The quantitative estimate of drug-likeness (QED) is 0.441. The van der Waals surface area contributed by atoms with Crippen molar-refractivity contribution >= 4 is 6.47 Å². The smallest absolute Gasteiger partial charge is 0.293 e. The third kappa shape index (κ3) is 5.22. The van der Waals surface area contributed by atoms with Crippen LogP contribution in [0.5, 0.6) is 0 Å². The highest BCUT2D eigenvalue weighted by Gasteiger charge is 2.09. The third-order valence-corrected chi connectivity index (χ3v) is 2.75. The zero-order valence-electron chi connectivity index (χ0n) is 8.91. The van der Waals surface area contributed by atoms with Crippen LogP contribution >= 0.6 is 0 Å². The molecule has 3 heteroatoms. The maximum absolute atomic E-state index is 9.84. The Bertz CT molecular complexity index is 144. The van der Waals surface area contributed by atoms with Crippen LogP contribution in [0.4, 0.5) is 0 Å². The summed E-state index contributed by atoms with van der Waals surface area (Å²) < 4.78 is 4.62. The Hall–Kier alpha value is -0.570. The molecule has 1 saturated heterocycles. The maximum atomic E-state index is 9.84. The van der Waals surface area contributed by atoms with Gasteiger partial charge in [0.25, 0.3) is 6.47 Å². The number of rotatable bonds is 8. The Labute approximate surface area is 86.4 Å². The van der Waals surface area contributed by atoms with Gasteiger partial charge in [-0.05, 0) is 45.3 Å². The number of nitrogens with zero attached hydrogens (tertiary/aromatic N) is 1. The van der Waals surface area contributed by atoms with Gasteiger partial charge in [-0.2, -0.15) is 0 Å². The van der Waals surface area contributed by atoms with Gasteiger partial charge in [0.15, 0.2) is 0 Å². The van der Waals surface area contributed by atoms with Crippen molar-refractivity contribution in [2.24, 2.45) is 0 Å². The van der Waals surface area contributed by atoms with Crippen molar-refractivity contribution in [1.29, 1.82) is 0 Å². The van der Waals surface area contributed by atoms with Crippen LogP contribution < -0.4 is 0 Å². The summed E-state index contributed by atoms with van der Waals surface area (Å²) in [5.41, 5.74) is 0. The summed E-state index contributed by atoms with van der Waals surface area (Å²) in [7, 11) is 0. The first kappa shape index (κ1) is 11.5. The fourth-order valence-electron chi connectivity index (χ4n) is 1.93. The van der Waals surface area contributed by atoms with Gasteiger partial charge in [-0.3, -0.25) is 4.79 Å². The molecule has 3 nitrogen and oxygen atoms in total. The molecule has 0 unspecified atom stereocenters. The Morgan fingerprint density at radius 3 is 2.50 bits per heavy atom. The molecule has 1 aliphatic rings. The largest absolute Gasteiger partial charge is 0.468 e. The zero-order valence-corrected chi connectivity index (χ0v) is 8.91. The van der Waals surface area contributed by atoms with Gasteiger partial charge in [0.2, 0.25) is 0 Å². The van der Waals surface area contributed by atoms with Gasteiger partial charge in [-0.25, -0.2) is 0 Å². The van der Waals surface area contributed by atoms with Crippen molar-refractivity contribution in [2.75, 3.05) is 26.2 Å². The van der Waals surface area contributed by atoms with Crippen LogP contribution in [0.1, 0.15) is 38.5 Å². The number of ether oxygens (including phenoxy) is 1. The van der Waals surface area contributed by atoms with Crippen molar-refractivity contribution < 1.29 is 9.53 Å². The molecule has 0 spiro atoms. The van der Waals surface area contributed by atoms with Crippen LogP contribution in [-0.2, 0) is 9.53 Å². The van der Waals surface area contributed by atoms with Crippen LogP contribution in [0.25, 0.3) is 0 Å². The van der Waals surface area contributed by atoms with Crippen LogP contribution in [0.3, 0.4) is 0 Å². The SMILES string of the molecule is O=COCCCCCCN1CCCC1. The van der Waals surface area contributed by atoms with E-state index in [1.807, 2.05) is 0 Å². The second-order valence-corrected chi connectivity index (χ2v) is 3.93. The number of likely N-dealkylation sites (tertiary alicyclic amines) is 1. The van der Waals surface area contributed by atoms with E-state index in [-0.39, 0.29) is 0 Å². The van der Waals surface area contributed by atoms with Crippen LogP contribution in [-0.4, -0.2) is 37.6 Å². The minimum absolute atomic E-state index is 0.532. The second kappa shape index (κ2) is 7.80. The van der Waals surface area contributed by atoms with Crippen molar-refractivity contribution in [3.63, 3.8) is 0 Å². The molecule has 0 amide bonds. The van der Waals surface area contributed by atoms with E-state index in [1.54, 1.807) is 0 Å². The van der Waals surface area contributed by atoms with Crippen molar-refractivity contribution in [3.05, 3.63) is 0 Å². The molecule has 1 rings (SSSR count). The molecule has 0 aromatic heterocycles.